The first-order chi connectivity index (χ1) is 6.58. The summed E-state index contributed by atoms with van der Waals surface area (Å²) in [5.74, 6) is 0. The molecule has 1 amide bonds. The van der Waals surface area contributed by atoms with Gasteiger partial charge in [0.2, 0.25) is 0 Å². The van der Waals surface area contributed by atoms with Crippen LogP contribution in [0.3, 0.4) is 0 Å². The van der Waals surface area contributed by atoms with Gasteiger partial charge in [0.1, 0.15) is 0 Å². The van der Waals surface area contributed by atoms with Gasteiger partial charge in [-0.2, -0.15) is 0 Å². The number of carbonyl (C=O) groups is 1. The first-order valence-electron chi connectivity index (χ1n) is 5.23. The molecule has 1 saturated carbocycles. The molecule has 0 bridgehead atoms. The Kier molecular flexibility index (Phi) is 4.20. The molecule has 0 aromatic heterocycles. The lowest BCUT2D eigenvalue weighted by molar-refractivity contribution is 0.0942. The monoisotopic (exact) mass is 201 g/mol. The van der Waals surface area contributed by atoms with Gasteiger partial charge in [-0.15, -0.1) is 0 Å². The van der Waals surface area contributed by atoms with Crippen molar-refractivity contribution >= 4 is 6.09 Å². The van der Waals surface area contributed by atoms with E-state index in [9.17, 15) is 9.90 Å². The molecule has 0 unspecified atom stereocenters. The van der Waals surface area contributed by atoms with Crippen LogP contribution in [0, 0.1) is 0 Å². The quantitative estimate of drug-likeness (QED) is 0.710. The minimum atomic E-state index is -0.346. The van der Waals surface area contributed by atoms with E-state index in [4.69, 9.17) is 4.74 Å². The third-order valence-electron chi connectivity index (χ3n) is 2.36. The fourth-order valence-corrected chi connectivity index (χ4v) is 1.63. The van der Waals surface area contributed by atoms with E-state index in [-0.39, 0.29) is 24.3 Å². The van der Waals surface area contributed by atoms with Crippen LogP contribution in [0.25, 0.3) is 0 Å². The molecule has 1 aliphatic rings. The third-order valence-corrected chi connectivity index (χ3v) is 2.36. The highest BCUT2D eigenvalue weighted by molar-refractivity contribution is 5.67. The molecule has 1 fully saturated rings. The standard InChI is InChI=1S/C10H19NO3/c1-7(2)14-10(13)11-8-3-5-9(12)6-4-8/h7-9,12H,3-6H2,1-2H3,(H,11,13)/t8-,9-. The van der Waals surface area contributed by atoms with Crippen LogP contribution in [0.15, 0.2) is 0 Å². The molecule has 0 heterocycles. The highest BCUT2D eigenvalue weighted by Gasteiger charge is 2.21. The minimum absolute atomic E-state index is 0.0795. The van der Waals surface area contributed by atoms with Gasteiger partial charge < -0.3 is 15.2 Å². The second-order valence-electron chi connectivity index (χ2n) is 4.10. The largest absolute Gasteiger partial charge is 0.447 e. The summed E-state index contributed by atoms with van der Waals surface area (Å²) in [5.41, 5.74) is 0. The van der Waals surface area contributed by atoms with E-state index in [1.54, 1.807) is 0 Å². The molecular weight excluding hydrogens is 182 g/mol. The lowest BCUT2D eigenvalue weighted by Crippen LogP contribution is -2.39. The van der Waals surface area contributed by atoms with Gasteiger partial charge in [-0.25, -0.2) is 4.79 Å². The zero-order valence-electron chi connectivity index (χ0n) is 8.82. The number of amides is 1. The lowest BCUT2D eigenvalue weighted by Gasteiger charge is -2.26. The molecule has 1 aliphatic carbocycles. The maximum atomic E-state index is 11.2. The van der Waals surface area contributed by atoms with Crippen LogP contribution in [-0.2, 0) is 4.74 Å². The fraction of sp³-hybridized carbons (Fsp3) is 0.900. The number of hydrogen-bond acceptors (Lipinski definition) is 3. The number of hydrogen-bond donors (Lipinski definition) is 2. The molecule has 0 aromatic carbocycles. The van der Waals surface area contributed by atoms with Crippen LogP contribution in [0.2, 0.25) is 0 Å². The molecule has 1 rings (SSSR count). The summed E-state index contributed by atoms with van der Waals surface area (Å²) in [6.07, 6.45) is 2.61. The maximum absolute atomic E-state index is 11.2. The molecule has 4 nitrogen and oxygen atoms in total. The number of alkyl carbamates (subject to hydrolysis) is 1. The topological polar surface area (TPSA) is 58.6 Å². The maximum Gasteiger partial charge on any atom is 0.407 e. The van der Waals surface area contributed by atoms with E-state index in [0.29, 0.717) is 0 Å². The highest BCUT2D eigenvalue weighted by Crippen LogP contribution is 2.18. The smallest absolute Gasteiger partial charge is 0.407 e. The van der Waals surface area contributed by atoms with Gasteiger partial charge in [0.05, 0.1) is 12.2 Å². The van der Waals surface area contributed by atoms with Gasteiger partial charge in [-0.05, 0) is 39.5 Å². The van der Waals surface area contributed by atoms with E-state index in [2.05, 4.69) is 5.32 Å². The minimum Gasteiger partial charge on any atom is -0.447 e. The van der Waals surface area contributed by atoms with Crippen molar-refractivity contribution in [3.63, 3.8) is 0 Å². The van der Waals surface area contributed by atoms with Crippen LogP contribution < -0.4 is 5.32 Å². The van der Waals surface area contributed by atoms with Crippen molar-refractivity contribution in [2.24, 2.45) is 0 Å². The Labute approximate surface area is 84.6 Å². The summed E-state index contributed by atoms with van der Waals surface area (Å²) in [6, 6.07) is 0.171. The van der Waals surface area contributed by atoms with E-state index in [1.165, 1.54) is 0 Å². The van der Waals surface area contributed by atoms with Gasteiger partial charge in [0.25, 0.3) is 0 Å². The first kappa shape index (κ1) is 11.3. The molecule has 0 radical (unpaired) electrons. The van der Waals surface area contributed by atoms with Crippen molar-refractivity contribution in [1.82, 2.24) is 5.32 Å². The molecule has 2 N–H and O–H groups in total. The summed E-state index contributed by atoms with van der Waals surface area (Å²) >= 11 is 0. The van der Waals surface area contributed by atoms with Crippen molar-refractivity contribution < 1.29 is 14.6 Å². The average molecular weight is 201 g/mol. The van der Waals surface area contributed by atoms with Gasteiger partial charge >= 0.3 is 6.09 Å². The van der Waals surface area contributed by atoms with E-state index < -0.39 is 0 Å². The Bertz CT molecular complexity index is 186. The number of carbonyl (C=O) groups excluding carboxylic acids is 1. The van der Waals surface area contributed by atoms with Gasteiger partial charge in [-0.3, -0.25) is 0 Å². The summed E-state index contributed by atoms with van der Waals surface area (Å²) in [6.45, 7) is 3.65. The SMILES string of the molecule is CC(C)OC(=O)N[C@H]1CC[C@H](O)CC1. The van der Waals surface area contributed by atoms with Crippen molar-refractivity contribution in [1.29, 1.82) is 0 Å². The molecular formula is C10H19NO3. The zero-order valence-corrected chi connectivity index (χ0v) is 8.82. The second-order valence-corrected chi connectivity index (χ2v) is 4.10. The molecule has 0 saturated heterocycles. The number of nitrogens with one attached hydrogen (secondary N) is 1. The number of ether oxygens (including phenoxy) is 1. The second kappa shape index (κ2) is 5.20. The average Bonchev–Trinajstić information content (AvgIpc) is 2.07. The molecule has 0 spiro atoms. The molecule has 4 heteroatoms. The summed E-state index contributed by atoms with van der Waals surface area (Å²) in [7, 11) is 0. The first-order valence-corrected chi connectivity index (χ1v) is 5.23. The number of aliphatic hydroxyl groups is 1. The van der Waals surface area contributed by atoms with E-state index >= 15 is 0 Å². The Balaban J connectivity index is 2.20. The Morgan fingerprint density at radius 2 is 1.93 bits per heavy atom. The van der Waals surface area contributed by atoms with Crippen LogP contribution in [0.1, 0.15) is 39.5 Å². The van der Waals surface area contributed by atoms with Gasteiger partial charge in [-0.1, -0.05) is 0 Å². The number of rotatable bonds is 2. The van der Waals surface area contributed by atoms with Gasteiger partial charge in [0, 0.05) is 6.04 Å². The Hall–Kier alpha value is -0.770. The predicted molar refractivity (Wildman–Crippen MR) is 53.0 cm³/mol. The Morgan fingerprint density at radius 1 is 1.36 bits per heavy atom. The Morgan fingerprint density at radius 3 is 2.43 bits per heavy atom. The van der Waals surface area contributed by atoms with Crippen LogP contribution in [0.5, 0.6) is 0 Å². The molecule has 0 aromatic rings. The van der Waals surface area contributed by atoms with Crippen molar-refractivity contribution in [3.05, 3.63) is 0 Å². The molecule has 82 valence electrons. The van der Waals surface area contributed by atoms with Crippen molar-refractivity contribution in [3.8, 4) is 0 Å². The van der Waals surface area contributed by atoms with E-state index in [1.807, 2.05) is 13.8 Å². The van der Waals surface area contributed by atoms with Gasteiger partial charge in [0.15, 0.2) is 0 Å². The zero-order chi connectivity index (χ0) is 10.6. The van der Waals surface area contributed by atoms with Crippen LogP contribution in [-0.4, -0.2) is 29.4 Å². The third kappa shape index (κ3) is 3.96. The number of aliphatic hydroxyl groups excluding tert-OH is 1. The molecule has 14 heavy (non-hydrogen) atoms. The van der Waals surface area contributed by atoms with E-state index in [0.717, 1.165) is 25.7 Å². The van der Waals surface area contributed by atoms with Crippen LogP contribution in [0.4, 0.5) is 4.79 Å². The van der Waals surface area contributed by atoms with Crippen molar-refractivity contribution in [2.75, 3.05) is 0 Å². The van der Waals surface area contributed by atoms with Crippen LogP contribution >= 0.6 is 0 Å². The normalized spacial score (nSPS) is 27.4. The predicted octanol–water partition coefficient (Wildman–Crippen LogP) is 1.42. The summed E-state index contributed by atoms with van der Waals surface area (Å²) in [5, 5.41) is 12.1. The lowest BCUT2D eigenvalue weighted by atomic mass is 9.93. The summed E-state index contributed by atoms with van der Waals surface area (Å²) < 4.78 is 4.97. The molecule has 0 aliphatic heterocycles. The highest BCUT2D eigenvalue weighted by atomic mass is 16.6. The molecule has 0 atom stereocenters. The summed E-state index contributed by atoms with van der Waals surface area (Å²) in [4.78, 5) is 11.2. The van der Waals surface area contributed by atoms with Crippen molar-refractivity contribution in [2.45, 2.75) is 57.8 Å². The fourth-order valence-electron chi connectivity index (χ4n) is 1.63.